The second-order valence-electron chi connectivity index (χ2n) is 6.97. The molecular weight excluding hydrogens is 380 g/mol. The Balaban J connectivity index is 1.37. The maximum atomic E-state index is 5.43. The number of aromatic nitrogens is 4. The highest BCUT2D eigenvalue weighted by atomic mass is 32.1. The summed E-state index contributed by atoms with van der Waals surface area (Å²) in [6, 6.07) is 14.8. The Labute approximate surface area is 175 Å². The van der Waals surface area contributed by atoms with Crippen molar-refractivity contribution in [3.63, 3.8) is 0 Å². The number of rotatable bonds is 6. The molecule has 0 aliphatic heterocycles. The van der Waals surface area contributed by atoms with Crippen molar-refractivity contribution in [2.24, 2.45) is 0 Å². The lowest BCUT2D eigenvalue weighted by Crippen LogP contribution is -2.27. The minimum atomic E-state index is 0.568. The van der Waals surface area contributed by atoms with Gasteiger partial charge >= 0.3 is 0 Å². The number of thiocarbonyl (C=S) groups is 1. The minimum Gasteiger partial charge on any atom is -0.358 e. The maximum Gasteiger partial charge on any atom is 0.171 e. The van der Waals surface area contributed by atoms with Gasteiger partial charge in [0.25, 0.3) is 0 Å². The number of fused-ring (bicyclic) bond motifs is 1. The van der Waals surface area contributed by atoms with Gasteiger partial charge in [0.1, 0.15) is 0 Å². The lowest BCUT2D eigenvalue weighted by Gasteiger charge is -2.08. The van der Waals surface area contributed by atoms with Gasteiger partial charge in [0.2, 0.25) is 0 Å². The average Bonchev–Trinajstić information content (AvgIpc) is 3.32. The van der Waals surface area contributed by atoms with Crippen LogP contribution in [0.1, 0.15) is 23.7 Å². The molecule has 0 aliphatic carbocycles. The topological polar surface area (TPSA) is 59.7 Å². The Hall–Kier alpha value is -3.19. The van der Waals surface area contributed by atoms with Crippen LogP contribution < -0.4 is 10.6 Å². The molecule has 2 aromatic heterocycles. The van der Waals surface area contributed by atoms with Crippen LogP contribution in [0.2, 0.25) is 0 Å². The zero-order valence-electron chi connectivity index (χ0n) is 16.6. The van der Waals surface area contributed by atoms with Crippen LogP contribution in [-0.2, 0) is 19.6 Å². The number of anilines is 1. The predicted octanol–water partition coefficient (Wildman–Crippen LogP) is 4.10. The first kappa shape index (κ1) is 19.1. The summed E-state index contributed by atoms with van der Waals surface area (Å²) >= 11 is 5.43. The third-order valence-electron chi connectivity index (χ3n) is 4.91. The molecule has 6 nitrogen and oxygen atoms in total. The van der Waals surface area contributed by atoms with E-state index in [0.717, 1.165) is 23.5 Å². The molecule has 0 saturated carbocycles. The Kier molecular flexibility index (Phi) is 5.57. The van der Waals surface area contributed by atoms with E-state index in [0.29, 0.717) is 18.2 Å². The molecule has 0 amide bonds. The van der Waals surface area contributed by atoms with Crippen molar-refractivity contribution in [3.05, 3.63) is 77.9 Å². The Morgan fingerprint density at radius 2 is 1.86 bits per heavy atom. The van der Waals surface area contributed by atoms with E-state index in [4.69, 9.17) is 12.2 Å². The molecule has 0 fully saturated rings. The van der Waals surface area contributed by atoms with Crippen molar-refractivity contribution in [1.29, 1.82) is 0 Å². The fourth-order valence-corrected chi connectivity index (χ4v) is 3.55. The third kappa shape index (κ3) is 4.46. The van der Waals surface area contributed by atoms with Crippen molar-refractivity contribution in [2.75, 3.05) is 5.32 Å². The molecule has 0 unspecified atom stereocenters. The molecule has 0 radical (unpaired) electrons. The fourth-order valence-electron chi connectivity index (χ4n) is 3.36. The minimum absolute atomic E-state index is 0.568. The number of aryl methyl sites for hydroxylation is 2. The van der Waals surface area contributed by atoms with Gasteiger partial charge in [0, 0.05) is 31.0 Å². The summed E-state index contributed by atoms with van der Waals surface area (Å²) < 4.78 is 3.85. The van der Waals surface area contributed by atoms with Crippen LogP contribution in [0.15, 0.2) is 61.1 Å². The number of hydrogen-bond acceptors (Lipinski definition) is 3. The van der Waals surface area contributed by atoms with E-state index >= 15 is 0 Å². The summed E-state index contributed by atoms with van der Waals surface area (Å²) in [5, 5.41) is 18.4. The standard InChI is InChI=1S/C22H24N6S/c1-3-27-14-19(16(2)26-27)11-23-22(29)25-20-12-24-28(15-20)13-18-9-6-8-17-7-4-5-10-21(17)18/h4-10,12,14-15H,3,11,13H2,1-2H3,(H2,23,25,29). The second-order valence-corrected chi connectivity index (χ2v) is 7.38. The highest BCUT2D eigenvalue weighted by molar-refractivity contribution is 7.80. The van der Waals surface area contributed by atoms with E-state index in [1.54, 1.807) is 6.20 Å². The van der Waals surface area contributed by atoms with Crippen molar-refractivity contribution >= 4 is 33.8 Å². The van der Waals surface area contributed by atoms with Gasteiger partial charge in [-0.3, -0.25) is 9.36 Å². The molecule has 29 heavy (non-hydrogen) atoms. The summed E-state index contributed by atoms with van der Waals surface area (Å²) in [6.07, 6.45) is 5.81. The number of nitrogens with one attached hydrogen (secondary N) is 2. The van der Waals surface area contributed by atoms with Gasteiger partial charge in [-0.05, 0) is 42.4 Å². The third-order valence-corrected chi connectivity index (χ3v) is 5.16. The zero-order chi connectivity index (χ0) is 20.2. The Morgan fingerprint density at radius 3 is 2.69 bits per heavy atom. The van der Waals surface area contributed by atoms with Crippen LogP contribution in [-0.4, -0.2) is 24.7 Å². The first-order valence-electron chi connectivity index (χ1n) is 9.69. The molecule has 0 saturated heterocycles. The van der Waals surface area contributed by atoms with E-state index < -0.39 is 0 Å². The maximum absolute atomic E-state index is 5.43. The van der Waals surface area contributed by atoms with E-state index in [1.807, 2.05) is 28.7 Å². The molecule has 0 spiro atoms. The predicted molar refractivity (Wildman–Crippen MR) is 121 cm³/mol. The van der Waals surface area contributed by atoms with Crippen molar-refractivity contribution in [3.8, 4) is 0 Å². The summed E-state index contributed by atoms with van der Waals surface area (Å²) in [7, 11) is 0. The van der Waals surface area contributed by atoms with Gasteiger partial charge in [0.15, 0.2) is 5.11 Å². The molecule has 2 heterocycles. The van der Waals surface area contributed by atoms with Crippen molar-refractivity contribution < 1.29 is 0 Å². The molecule has 4 aromatic rings. The molecule has 0 bridgehead atoms. The Morgan fingerprint density at radius 1 is 1.03 bits per heavy atom. The summed E-state index contributed by atoms with van der Waals surface area (Å²) in [5.74, 6) is 0. The quantitative estimate of drug-likeness (QED) is 0.474. The monoisotopic (exact) mass is 404 g/mol. The van der Waals surface area contributed by atoms with Gasteiger partial charge in [0.05, 0.1) is 24.1 Å². The zero-order valence-corrected chi connectivity index (χ0v) is 17.4. The van der Waals surface area contributed by atoms with Gasteiger partial charge in [-0.1, -0.05) is 42.5 Å². The van der Waals surface area contributed by atoms with Crippen molar-refractivity contribution in [2.45, 2.75) is 33.5 Å². The largest absolute Gasteiger partial charge is 0.358 e. The van der Waals surface area contributed by atoms with Crippen LogP contribution in [0.25, 0.3) is 10.8 Å². The first-order valence-corrected chi connectivity index (χ1v) is 10.1. The van der Waals surface area contributed by atoms with E-state index in [2.05, 4.69) is 70.2 Å². The summed E-state index contributed by atoms with van der Waals surface area (Å²) in [5.41, 5.74) is 4.26. The van der Waals surface area contributed by atoms with Crippen molar-refractivity contribution in [1.82, 2.24) is 24.9 Å². The number of hydrogen-bond donors (Lipinski definition) is 2. The molecule has 0 atom stereocenters. The highest BCUT2D eigenvalue weighted by Gasteiger charge is 2.07. The van der Waals surface area contributed by atoms with E-state index in [1.165, 1.54) is 16.3 Å². The van der Waals surface area contributed by atoms with Crippen LogP contribution in [0.4, 0.5) is 5.69 Å². The molecule has 2 N–H and O–H groups in total. The lowest BCUT2D eigenvalue weighted by molar-refractivity contribution is 0.653. The van der Waals surface area contributed by atoms with Crippen LogP contribution >= 0.6 is 12.2 Å². The van der Waals surface area contributed by atoms with E-state index in [9.17, 15) is 0 Å². The normalized spacial score (nSPS) is 11.0. The molecule has 4 rings (SSSR count). The molecular formula is C22H24N6S. The first-order chi connectivity index (χ1) is 14.1. The van der Waals surface area contributed by atoms with E-state index in [-0.39, 0.29) is 0 Å². The van der Waals surface area contributed by atoms with Gasteiger partial charge in [-0.2, -0.15) is 10.2 Å². The average molecular weight is 405 g/mol. The van der Waals surface area contributed by atoms with Crippen LogP contribution in [0.3, 0.4) is 0 Å². The fraction of sp³-hybridized carbons (Fsp3) is 0.227. The van der Waals surface area contributed by atoms with Gasteiger partial charge in [-0.15, -0.1) is 0 Å². The number of benzene rings is 2. The molecule has 7 heteroatoms. The molecule has 148 valence electrons. The second kappa shape index (κ2) is 8.45. The summed E-state index contributed by atoms with van der Waals surface area (Å²) in [4.78, 5) is 0. The van der Waals surface area contributed by atoms with Gasteiger partial charge < -0.3 is 10.6 Å². The van der Waals surface area contributed by atoms with Gasteiger partial charge in [-0.25, -0.2) is 0 Å². The molecule has 0 aliphatic rings. The SMILES string of the molecule is CCn1cc(CNC(=S)Nc2cnn(Cc3cccc4ccccc34)c2)c(C)n1. The smallest absolute Gasteiger partial charge is 0.171 e. The summed E-state index contributed by atoms with van der Waals surface area (Å²) in [6.45, 7) is 6.29. The number of nitrogens with zero attached hydrogens (tertiary/aromatic N) is 4. The Bertz CT molecular complexity index is 1140. The highest BCUT2D eigenvalue weighted by Crippen LogP contribution is 2.19. The molecule has 2 aromatic carbocycles. The lowest BCUT2D eigenvalue weighted by atomic mass is 10.0. The van der Waals surface area contributed by atoms with Crippen LogP contribution in [0, 0.1) is 6.92 Å². The van der Waals surface area contributed by atoms with Crippen LogP contribution in [0.5, 0.6) is 0 Å².